The molecular weight excluding hydrogens is 222 g/mol. The molecule has 0 aliphatic heterocycles. The van der Waals surface area contributed by atoms with E-state index in [0.717, 1.165) is 24.4 Å². The summed E-state index contributed by atoms with van der Waals surface area (Å²) in [5, 5.41) is 4.10. The molecule has 90 valence electrons. The second-order valence-corrected chi connectivity index (χ2v) is 5.02. The lowest BCUT2D eigenvalue weighted by atomic mass is 10.0. The van der Waals surface area contributed by atoms with Gasteiger partial charge in [-0.25, -0.2) is 0 Å². The summed E-state index contributed by atoms with van der Waals surface area (Å²) in [5.41, 5.74) is 1.12. The van der Waals surface area contributed by atoms with Crippen LogP contribution in [0.1, 0.15) is 50.6 Å². The molecule has 0 spiro atoms. The van der Waals surface area contributed by atoms with Gasteiger partial charge in [0.15, 0.2) is 5.22 Å². The van der Waals surface area contributed by atoms with E-state index >= 15 is 0 Å². The molecule has 3 heteroatoms. The molecule has 1 heterocycles. The highest BCUT2D eigenvalue weighted by atomic mass is 35.5. The Labute approximate surface area is 102 Å². The van der Waals surface area contributed by atoms with E-state index in [-0.39, 0.29) is 0 Å². The van der Waals surface area contributed by atoms with Crippen LogP contribution in [-0.2, 0) is 0 Å². The van der Waals surface area contributed by atoms with Gasteiger partial charge in [-0.2, -0.15) is 0 Å². The van der Waals surface area contributed by atoms with Gasteiger partial charge in [0, 0.05) is 11.6 Å². The molecule has 1 saturated carbocycles. The molecule has 1 fully saturated rings. The van der Waals surface area contributed by atoms with Gasteiger partial charge in [0.2, 0.25) is 0 Å². The van der Waals surface area contributed by atoms with Crippen molar-refractivity contribution in [3.63, 3.8) is 0 Å². The summed E-state index contributed by atoms with van der Waals surface area (Å²) >= 11 is 6.04. The molecule has 1 aliphatic carbocycles. The van der Waals surface area contributed by atoms with E-state index in [0.29, 0.717) is 11.3 Å². The fraction of sp³-hybridized carbons (Fsp3) is 0.692. The number of halogens is 1. The summed E-state index contributed by atoms with van der Waals surface area (Å²) in [6.45, 7) is 3.22. The number of hydrogen-bond donors (Lipinski definition) is 1. The number of furan rings is 1. The predicted octanol–water partition coefficient (Wildman–Crippen LogP) is 4.16. The zero-order valence-electron chi connectivity index (χ0n) is 9.84. The normalized spacial score (nSPS) is 17.6. The Bertz CT molecular complexity index is 319. The van der Waals surface area contributed by atoms with Crippen LogP contribution in [0.5, 0.6) is 0 Å². The zero-order chi connectivity index (χ0) is 11.4. The number of nitrogens with one attached hydrogen (secondary N) is 1. The van der Waals surface area contributed by atoms with Crippen molar-refractivity contribution in [3.05, 3.63) is 23.1 Å². The summed E-state index contributed by atoms with van der Waals surface area (Å²) in [6.07, 6.45) is 8.14. The summed E-state index contributed by atoms with van der Waals surface area (Å²) in [4.78, 5) is 0. The van der Waals surface area contributed by atoms with Gasteiger partial charge in [-0.05, 0) is 49.4 Å². The molecule has 0 bridgehead atoms. The standard InChI is InChI=1S/C13H20ClNO/c1-2-8-15-12(6-5-10-3-4-10)11-7-9-16-13(11)14/h7,9-10,12,15H,2-6,8H2,1H3. The van der Waals surface area contributed by atoms with Gasteiger partial charge >= 0.3 is 0 Å². The van der Waals surface area contributed by atoms with Gasteiger partial charge in [0.25, 0.3) is 0 Å². The fourth-order valence-corrected chi connectivity index (χ4v) is 2.29. The first-order valence-corrected chi connectivity index (χ1v) is 6.65. The molecule has 1 N–H and O–H groups in total. The largest absolute Gasteiger partial charge is 0.453 e. The maximum Gasteiger partial charge on any atom is 0.197 e. The number of hydrogen-bond acceptors (Lipinski definition) is 2. The minimum Gasteiger partial charge on any atom is -0.453 e. The van der Waals surface area contributed by atoms with Gasteiger partial charge < -0.3 is 9.73 Å². The lowest BCUT2D eigenvalue weighted by Crippen LogP contribution is -2.22. The average Bonchev–Trinajstić information content (AvgIpc) is 3.02. The van der Waals surface area contributed by atoms with Crippen LogP contribution < -0.4 is 5.32 Å². The molecule has 1 aromatic rings. The topological polar surface area (TPSA) is 25.2 Å². The van der Waals surface area contributed by atoms with E-state index in [4.69, 9.17) is 16.0 Å². The Kier molecular flexibility index (Phi) is 4.30. The molecule has 1 aromatic heterocycles. The number of rotatable bonds is 7. The lowest BCUT2D eigenvalue weighted by Gasteiger charge is -2.17. The smallest absolute Gasteiger partial charge is 0.197 e. The third-order valence-electron chi connectivity index (χ3n) is 3.22. The van der Waals surface area contributed by atoms with Crippen molar-refractivity contribution in [1.29, 1.82) is 0 Å². The molecule has 2 rings (SSSR count). The Hall–Kier alpha value is -0.470. The second kappa shape index (κ2) is 5.74. The molecule has 1 aliphatic rings. The van der Waals surface area contributed by atoms with Crippen LogP contribution in [0, 0.1) is 5.92 Å². The van der Waals surface area contributed by atoms with Crippen molar-refractivity contribution in [1.82, 2.24) is 5.32 Å². The third kappa shape index (κ3) is 3.26. The predicted molar refractivity (Wildman–Crippen MR) is 66.7 cm³/mol. The van der Waals surface area contributed by atoms with E-state index in [1.54, 1.807) is 6.26 Å². The summed E-state index contributed by atoms with van der Waals surface area (Å²) in [6, 6.07) is 2.36. The van der Waals surface area contributed by atoms with Crippen LogP contribution in [0.2, 0.25) is 5.22 Å². The van der Waals surface area contributed by atoms with Crippen molar-refractivity contribution in [3.8, 4) is 0 Å². The van der Waals surface area contributed by atoms with Crippen LogP contribution in [-0.4, -0.2) is 6.54 Å². The van der Waals surface area contributed by atoms with E-state index in [2.05, 4.69) is 12.2 Å². The maximum atomic E-state index is 6.04. The summed E-state index contributed by atoms with van der Waals surface area (Å²) in [7, 11) is 0. The maximum absolute atomic E-state index is 6.04. The van der Waals surface area contributed by atoms with E-state index in [1.165, 1.54) is 25.7 Å². The van der Waals surface area contributed by atoms with E-state index < -0.39 is 0 Å². The monoisotopic (exact) mass is 241 g/mol. The molecular formula is C13H20ClNO. The minimum atomic E-state index is 0.367. The molecule has 0 saturated heterocycles. The van der Waals surface area contributed by atoms with Crippen LogP contribution in [0.25, 0.3) is 0 Å². The van der Waals surface area contributed by atoms with Crippen LogP contribution in [0.4, 0.5) is 0 Å². The molecule has 0 aromatic carbocycles. The van der Waals surface area contributed by atoms with Crippen LogP contribution in [0.3, 0.4) is 0 Å². The highest BCUT2D eigenvalue weighted by Crippen LogP contribution is 2.37. The fourth-order valence-electron chi connectivity index (χ4n) is 2.05. The van der Waals surface area contributed by atoms with Crippen molar-refractivity contribution >= 4 is 11.6 Å². The Morgan fingerprint density at radius 2 is 2.38 bits per heavy atom. The summed E-state index contributed by atoms with van der Waals surface area (Å²) in [5.74, 6) is 0.969. The summed E-state index contributed by atoms with van der Waals surface area (Å²) < 4.78 is 5.17. The highest BCUT2D eigenvalue weighted by Gasteiger charge is 2.24. The molecule has 1 unspecified atom stereocenters. The van der Waals surface area contributed by atoms with Crippen LogP contribution >= 0.6 is 11.6 Å². The van der Waals surface area contributed by atoms with Crippen molar-refractivity contribution in [2.75, 3.05) is 6.54 Å². The highest BCUT2D eigenvalue weighted by molar-refractivity contribution is 6.29. The first kappa shape index (κ1) is 12.0. The molecule has 1 atom stereocenters. The average molecular weight is 242 g/mol. The Balaban J connectivity index is 1.92. The minimum absolute atomic E-state index is 0.367. The van der Waals surface area contributed by atoms with E-state index in [1.807, 2.05) is 6.07 Å². The first-order valence-electron chi connectivity index (χ1n) is 6.27. The van der Waals surface area contributed by atoms with Gasteiger partial charge in [-0.15, -0.1) is 0 Å². The van der Waals surface area contributed by atoms with Crippen LogP contribution in [0.15, 0.2) is 16.7 Å². The van der Waals surface area contributed by atoms with Crippen molar-refractivity contribution in [2.24, 2.45) is 5.92 Å². The second-order valence-electron chi connectivity index (χ2n) is 4.68. The quantitative estimate of drug-likeness (QED) is 0.775. The molecule has 16 heavy (non-hydrogen) atoms. The molecule has 0 radical (unpaired) electrons. The SMILES string of the molecule is CCCNC(CCC1CC1)c1ccoc1Cl. The molecule has 0 amide bonds. The third-order valence-corrected chi connectivity index (χ3v) is 3.53. The molecule has 2 nitrogen and oxygen atoms in total. The first-order chi connectivity index (χ1) is 7.81. The van der Waals surface area contributed by atoms with Crippen molar-refractivity contribution in [2.45, 2.75) is 45.1 Å². The lowest BCUT2D eigenvalue weighted by molar-refractivity contribution is 0.463. The van der Waals surface area contributed by atoms with Gasteiger partial charge in [0.1, 0.15) is 0 Å². The Morgan fingerprint density at radius 1 is 1.56 bits per heavy atom. The van der Waals surface area contributed by atoms with E-state index in [9.17, 15) is 0 Å². The van der Waals surface area contributed by atoms with Gasteiger partial charge in [0.05, 0.1) is 6.26 Å². The Morgan fingerprint density at radius 3 is 2.94 bits per heavy atom. The zero-order valence-corrected chi connectivity index (χ0v) is 10.6. The van der Waals surface area contributed by atoms with Gasteiger partial charge in [-0.1, -0.05) is 19.8 Å². The van der Waals surface area contributed by atoms with Gasteiger partial charge in [-0.3, -0.25) is 0 Å². The van der Waals surface area contributed by atoms with Crippen molar-refractivity contribution < 1.29 is 4.42 Å².